The summed E-state index contributed by atoms with van der Waals surface area (Å²) in [6.45, 7) is 2.07. The van der Waals surface area contributed by atoms with Crippen molar-refractivity contribution in [2.45, 2.75) is 13.0 Å². The van der Waals surface area contributed by atoms with Crippen LogP contribution in [0.2, 0.25) is 0 Å². The van der Waals surface area contributed by atoms with E-state index in [1.807, 2.05) is 19.4 Å². The van der Waals surface area contributed by atoms with Gasteiger partial charge in [-0.2, -0.15) is 5.10 Å². The highest BCUT2D eigenvalue weighted by Gasteiger charge is 2.13. The highest BCUT2D eigenvalue weighted by Crippen LogP contribution is 2.20. The Balaban J connectivity index is 2.32. The molecule has 1 aromatic carbocycles. The second kappa shape index (κ2) is 4.47. The summed E-state index contributed by atoms with van der Waals surface area (Å²) in [4.78, 5) is 0. The maximum Gasteiger partial charge on any atom is 0.0740 e. The van der Waals surface area contributed by atoms with E-state index in [0.717, 1.165) is 11.1 Å². The molecule has 0 radical (unpaired) electrons. The van der Waals surface area contributed by atoms with Crippen LogP contribution in [-0.4, -0.2) is 9.78 Å². The SMILES string of the molecule is Cc1ccc(C(NN)c2cnn(C)c2)cc1. The van der Waals surface area contributed by atoms with Crippen LogP contribution in [-0.2, 0) is 7.05 Å². The molecule has 0 aliphatic rings. The third-order valence-corrected chi connectivity index (χ3v) is 2.64. The smallest absolute Gasteiger partial charge is 0.0740 e. The molecule has 1 aromatic heterocycles. The molecule has 0 aliphatic carbocycles. The summed E-state index contributed by atoms with van der Waals surface area (Å²) in [7, 11) is 1.90. The minimum Gasteiger partial charge on any atom is -0.275 e. The van der Waals surface area contributed by atoms with Gasteiger partial charge in [-0.25, -0.2) is 5.43 Å². The number of aryl methyl sites for hydroxylation is 2. The van der Waals surface area contributed by atoms with Gasteiger partial charge in [0.1, 0.15) is 0 Å². The van der Waals surface area contributed by atoms with Crippen LogP contribution in [0.25, 0.3) is 0 Å². The first-order chi connectivity index (χ1) is 7.70. The normalized spacial score (nSPS) is 12.7. The highest BCUT2D eigenvalue weighted by atomic mass is 15.3. The number of hydrazine groups is 1. The molecule has 0 amide bonds. The molecule has 1 unspecified atom stereocenters. The minimum atomic E-state index is -0.00528. The maximum atomic E-state index is 5.60. The predicted molar refractivity (Wildman–Crippen MR) is 63.6 cm³/mol. The zero-order valence-electron chi connectivity index (χ0n) is 9.51. The molecule has 0 bridgehead atoms. The number of hydrogen-bond donors (Lipinski definition) is 2. The molecular formula is C12H16N4. The molecule has 4 nitrogen and oxygen atoms in total. The third kappa shape index (κ3) is 2.13. The van der Waals surface area contributed by atoms with Crippen molar-refractivity contribution in [3.63, 3.8) is 0 Å². The Morgan fingerprint density at radius 3 is 2.44 bits per heavy atom. The molecule has 84 valence electrons. The number of nitrogens with zero attached hydrogens (tertiary/aromatic N) is 2. The van der Waals surface area contributed by atoms with Crippen LogP contribution in [0.1, 0.15) is 22.7 Å². The summed E-state index contributed by atoms with van der Waals surface area (Å²) in [6, 6.07) is 8.31. The van der Waals surface area contributed by atoms with Gasteiger partial charge in [-0.1, -0.05) is 29.8 Å². The summed E-state index contributed by atoms with van der Waals surface area (Å²) >= 11 is 0. The fraction of sp³-hybridized carbons (Fsp3) is 0.250. The molecule has 0 saturated heterocycles. The van der Waals surface area contributed by atoms with Crippen molar-refractivity contribution in [2.75, 3.05) is 0 Å². The minimum absolute atomic E-state index is 0.00528. The van der Waals surface area contributed by atoms with Crippen LogP contribution in [0, 0.1) is 6.92 Å². The van der Waals surface area contributed by atoms with Gasteiger partial charge in [-0.05, 0) is 12.5 Å². The van der Waals surface area contributed by atoms with E-state index < -0.39 is 0 Å². The van der Waals surface area contributed by atoms with Gasteiger partial charge in [0, 0.05) is 18.8 Å². The maximum absolute atomic E-state index is 5.60. The zero-order valence-corrected chi connectivity index (χ0v) is 9.51. The third-order valence-electron chi connectivity index (χ3n) is 2.64. The summed E-state index contributed by atoms with van der Waals surface area (Å²) in [5.74, 6) is 5.60. The fourth-order valence-electron chi connectivity index (χ4n) is 1.73. The molecule has 2 rings (SSSR count). The standard InChI is InChI=1S/C12H16N4/c1-9-3-5-10(6-4-9)12(15-13)11-7-14-16(2)8-11/h3-8,12,15H,13H2,1-2H3. The Hall–Kier alpha value is -1.65. The lowest BCUT2D eigenvalue weighted by Crippen LogP contribution is -2.28. The van der Waals surface area contributed by atoms with Crippen LogP contribution in [0.15, 0.2) is 36.7 Å². The first-order valence-electron chi connectivity index (χ1n) is 5.22. The van der Waals surface area contributed by atoms with Crippen LogP contribution >= 0.6 is 0 Å². The van der Waals surface area contributed by atoms with E-state index >= 15 is 0 Å². The lowest BCUT2D eigenvalue weighted by molar-refractivity contribution is 0.635. The van der Waals surface area contributed by atoms with Crippen molar-refractivity contribution >= 4 is 0 Å². The van der Waals surface area contributed by atoms with Gasteiger partial charge >= 0.3 is 0 Å². The van der Waals surface area contributed by atoms with Crippen LogP contribution in [0.4, 0.5) is 0 Å². The molecular weight excluding hydrogens is 200 g/mol. The summed E-state index contributed by atoms with van der Waals surface area (Å²) < 4.78 is 1.77. The van der Waals surface area contributed by atoms with E-state index in [1.165, 1.54) is 5.56 Å². The lowest BCUT2D eigenvalue weighted by atomic mass is 10.0. The van der Waals surface area contributed by atoms with Crippen molar-refractivity contribution < 1.29 is 0 Å². The van der Waals surface area contributed by atoms with Crippen molar-refractivity contribution in [2.24, 2.45) is 12.9 Å². The van der Waals surface area contributed by atoms with Gasteiger partial charge in [0.2, 0.25) is 0 Å². The molecule has 0 saturated carbocycles. The Bertz CT molecular complexity index is 458. The highest BCUT2D eigenvalue weighted by molar-refractivity contribution is 5.31. The van der Waals surface area contributed by atoms with Gasteiger partial charge in [0.15, 0.2) is 0 Å². The summed E-state index contributed by atoms with van der Waals surface area (Å²) in [5, 5.41) is 4.15. The van der Waals surface area contributed by atoms with Crippen LogP contribution < -0.4 is 11.3 Å². The molecule has 4 heteroatoms. The summed E-state index contributed by atoms with van der Waals surface area (Å²) in [5.41, 5.74) is 6.26. The first kappa shape index (κ1) is 10.9. The van der Waals surface area contributed by atoms with Gasteiger partial charge in [-0.3, -0.25) is 10.5 Å². The number of hydrogen-bond acceptors (Lipinski definition) is 3. The Morgan fingerprint density at radius 2 is 1.94 bits per heavy atom. The van der Waals surface area contributed by atoms with Gasteiger partial charge in [0.05, 0.1) is 12.2 Å². The summed E-state index contributed by atoms with van der Waals surface area (Å²) in [6.07, 6.45) is 3.79. The molecule has 1 atom stereocenters. The van der Waals surface area contributed by atoms with E-state index in [2.05, 4.69) is 41.7 Å². The van der Waals surface area contributed by atoms with E-state index in [0.29, 0.717) is 0 Å². The topological polar surface area (TPSA) is 55.9 Å². The number of nitrogens with one attached hydrogen (secondary N) is 1. The Labute approximate surface area is 95.1 Å². The zero-order chi connectivity index (χ0) is 11.5. The monoisotopic (exact) mass is 216 g/mol. The van der Waals surface area contributed by atoms with Crippen molar-refractivity contribution in [1.29, 1.82) is 0 Å². The number of benzene rings is 1. The van der Waals surface area contributed by atoms with Crippen LogP contribution in [0.3, 0.4) is 0 Å². The second-order valence-corrected chi connectivity index (χ2v) is 3.96. The first-order valence-corrected chi connectivity index (χ1v) is 5.22. The molecule has 0 spiro atoms. The molecule has 2 aromatic rings. The van der Waals surface area contributed by atoms with Crippen molar-refractivity contribution in [3.05, 3.63) is 53.3 Å². The molecule has 0 aliphatic heterocycles. The Kier molecular flexibility index (Phi) is 3.03. The fourth-order valence-corrected chi connectivity index (χ4v) is 1.73. The van der Waals surface area contributed by atoms with Gasteiger partial charge < -0.3 is 0 Å². The second-order valence-electron chi connectivity index (χ2n) is 3.96. The Morgan fingerprint density at radius 1 is 1.25 bits per heavy atom. The molecule has 1 heterocycles. The lowest BCUT2D eigenvalue weighted by Gasteiger charge is -2.14. The van der Waals surface area contributed by atoms with Crippen LogP contribution in [0.5, 0.6) is 0 Å². The van der Waals surface area contributed by atoms with E-state index in [1.54, 1.807) is 4.68 Å². The molecule has 16 heavy (non-hydrogen) atoms. The van der Waals surface area contributed by atoms with Gasteiger partial charge in [0.25, 0.3) is 0 Å². The predicted octanol–water partition coefficient (Wildman–Crippen LogP) is 1.28. The van der Waals surface area contributed by atoms with E-state index in [4.69, 9.17) is 5.84 Å². The quantitative estimate of drug-likeness (QED) is 0.600. The molecule has 0 fully saturated rings. The average molecular weight is 216 g/mol. The molecule has 3 N–H and O–H groups in total. The number of aromatic nitrogens is 2. The van der Waals surface area contributed by atoms with Crippen molar-refractivity contribution in [1.82, 2.24) is 15.2 Å². The largest absolute Gasteiger partial charge is 0.275 e. The number of nitrogens with two attached hydrogens (primary N) is 1. The van der Waals surface area contributed by atoms with E-state index in [9.17, 15) is 0 Å². The van der Waals surface area contributed by atoms with Crippen molar-refractivity contribution in [3.8, 4) is 0 Å². The average Bonchev–Trinajstić information content (AvgIpc) is 2.69. The van der Waals surface area contributed by atoms with E-state index in [-0.39, 0.29) is 6.04 Å². The number of rotatable bonds is 3. The van der Waals surface area contributed by atoms with Gasteiger partial charge in [-0.15, -0.1) is 0 Å².